The molecular formula is C3H3F6OPS. The Balaban J connectivity index is 5.11. The van der Waals surface area contributed by atoms with Gasteiger partial charge in [0.25, 0.3) is 0 Å². The molecule has 1 nitrogen and oxygen atoms in total. The van der Waals surface area contributed by atoms with Crippen molar-refractivity contribution in [2.45, 2.75) is 11.8 Å². The SMILES string of the molecule is CSP(=O)(C(F)(F)F)C(F)(F)F. The highest BCUT2D eigenvalue weighted by Crippen LogP contribution is 2.78. The minimum Gasteiger partial charge on any atom is -0.293 e. The summed E-state index contributed by atoms with van der Waals surface area (Å²) in [6, 6.07) is 0. The van der Waals surface area contributed by atoms with E-state index in [4.69, 9.17) is 0 Å². The van der Waals surface area contributed by atoms with E-state index in [-0.39, 0.29) is 0 Å². The molecule has 0 aromatic heterocycles. The van der Waals surface area contributed by atoms with E-state index in [9.17, 15) is 30.9 Å². The Bertz CT molecular complexity index is 188. The summed E-state index contributed by atoms with van der Waals surface area (Å²) < 4.78 is 79.9. The molecule has 0 saturated heterocycles. The van der Waals surface area contributed by atoms with Crippen molar-refractivity contribution in [2.75, 3.05) is 6.26 Å². The van der Waals surface area contributed by atoms with Crippen molar-refractivity contribution in [1.29, 1.82) is 0 Å². The van der Waals surface area contributed by atoms with Gasteiger partial charge in [0.1, 0.15) is 0 Å². The molecule has 0 fully saturated rings. The van der Waals surface area contributed by atoms with Gasteiger partial charge < -0.3 is 0 Å². The van der Waals surface area contributed by atoms with Gasteiger partial charge in [-0.25, -0.2) is 0 Å². The van der Waals surface area contributed by atoms with Crippen molar-refractivity contribution in [3.05, 3.63) is 0 Å². The lowest BCUT2D eigenvalue weighted by Gasteiger charge is -2.20. The van der Waals surface area contributed by atoms with Crippen LogP contribution in [-0.2, 0) is 4.57 Å². The van der Waals surface area contributed by atoms with Gasteiger partial charge in [-0.1, -0.05) is 11.4 Å². The van der Waals surface area contributed by atoms with Crippen LogP contribution in [0.15, 0.2) is 0 Å². The van der Waals surface area contributed by atoms with Crippen molar-refractivity contribution in [1.82, 2.24) is 0 Å². The van der Waals surface area contributed by atoms with E-state index in [2.05, 4.69) is 0 Å². The van der Waals surface area contributed by atoms with Gasteiger partial charge in [-0.3, -0.25) is 4.57 Å². The van der Waals surface area contributed by atoms with Gasteiger partial charge in [-0.2, -0.15) is 26.3 Å². The molecule has 0 amide bonds. The Morgan fingerprint density at radius 2 is 1.25 bits per heavy atom. The molecule has 0 spiro atoms. The average molecular weight is 232 g/mol. The second-order valence-electron chi connectivity index (χ2n) is 1.67. The van der Waals surface area contributed by atoms with Crippen LogP contribution in [0.25, 0.3) is 0 Å². The largest absolute Gasteiger partial charge is 0.458 e. The third kappa shape index (κ3) is 1.90. The fourth-order valence-electron chi connectivity index (χ4n) is 0.351. The van der Waals surface area contributed by atoms with Gasteiger partial charge in [0.2, 0.25) is 0 Å². The Labute approximate surface area is 67.6 Å². The van der Waals surface area contributed by atoms with E-state index in [1.165, 1.54) is 0 Å². The zero-order valence-corrected chi connectivity index (χ0v) is 7.24. The summed E-state index contributed by atoms with van der Waals surface area (Å²) in [5, 5.41) is 0. The molecule has 0 aromatic rings. The maximum Gasteiger partial charge on any atom is 0.458 e. The number of hydrogen-bond acceptors (Lipinski definition) is 2. The highest BCUT2D eigenvalue weighted by molar-refractivity contribution is 8.58. The van der Waals surface area contributed by atoms with Crippen LogP contribution in [-0.4, -0.2) is 18.1 Å². The van der Waals surface area contributed by atoms with E-state index in [1.54, 1.807) is 0 Å². The molecule has 0 aliphatic heterocycles. The topological polar surface area (TPSA) is 17.1 Å². The molecule has 0 saturated carbocycles. The summed E-state index contributed by atoms with van der Waals surface area (Å²) in [5.74, 6) is -11.4. The maximum absolute atomic E-state index is 11.6. The number of hydrogen-bond donors (Lipinski definition) is 0. The highest BCUT2D eigenvalue weighted by atomic mass is 32.7. The van der Waals surface area contributed by atoms with Crippen molar-refractivity contribution >= 4 is 17.7 Å². The first-order valence-corrected chi connectivity index (χ1v) is 5.89. The minimum absolute atomic E-state index is 0.516. The van der Waals surface area contributed by atoms with Gasteiger partial charge >= 0.3 is 18.2 Å². The Morgan fingerprint density at radius 3 is 1.25 bits per heavy atom. The van der Waals surface area contributed by atoms with Gasteiger partial charge in [0.15, 0.2) is 0 Å². The summed E-state index contributed by atoms with van der Waals surface area (Å²) in [6.45, 7) is 0. The summed E-state index contributed by atoms with van der Waals surface area (Å²) in [4.78, 5) is 0. The fraction of sp³-hybridized carbons (Fsp3) is 1.00. The quantitative estimate of drug-likeness (QED) is 0.506. The fourth-order valence-corrected chi connectivity index (χ4v) is 2.29. The molecule has 0 bridgehead atoms. The van der Waals surface area contributed by atoms with Gasteiger partial charge in [0.05, 0.1) is 0 Å². The third-order valence-corrected chi connectivity index (χ3v) is 5.56. The zero-order valence-electron chi connectivity index (χ0n) is 5.53. The lowest BCUT2D eigenvalue weighted by molar-refractivity contribution is -0.0891. The Morgan fingerprint density at radius 1 is 1.00 bits per heavy atom. The first-order chi connectivity index (χ1) is 5.06. The van der Waals surface area contributed by atoms with Crippen molar-refractivity contribution in [3.63, 3.8) is 0 Å². The van der Waals surface area contributed by atoms with Crippen LogP contribution >= 0.6 is 17.7 Å². The Kier molecular flexibility index (Phi) is 3.18. The van der Waals surface area contributed by atoms with Crippen molar-refractivity contribution < 1.29 is 30.9 Å². The number of alkyl halides is 6. The molecule has 0 rings (SSSR count). The summed E-state index contributed by atoms with van der Waals surface area (Å²) >= 11 is -0.708. The average Bonchev–Trinajstić information content (AvgIpc) is 1.81. The van der Waals surface area contributed by atoms with E-state index < -0.39 is 29.6 Å². The van der Waals surface area contributed by atoms with Crippen LogP contribution in [0.3, 0.4) is 0 Å². The second-order valence-corrected chi connectivity index (χ2v) is 6.79. The first-order valence-electron chi connectivity index (χ1n) is 2.35. The summed E-state index contributed by atoms with van der Waals surface area (Å²) in [7, 11) is 0. The normalized spacial score (nSPS) is 14.9. The molecule has 0 aromatic carbocycles. The molecule has 0 radical (unpaired) electrons. The van der Waals surface area contributed by atoms with Crippen LogP contribution in [0, 0.1) is 0 Å². The molecular weight excluding hydrogens is 229 g/mol. The summed E-state index contributed by atoms with van der Waals surface area (Å²) in [5.41, 5.74) is 0. The van der Waals surface area contributed by atoms with E-state index >= 15 is 0 Å². The highest BCUT2D eigenvalue weighted by Gasteiger charge is 2.67. The van der Waals surface area contributed by atoms with Gasteiger partial charge in [0, 0.05) is 0 Å². The van der Waals surface area contributed by atoms with Crippen LogP contribution in [0.2, 0.25) is 0 Å². The van der Waals surface area contributed by atoms with E-state index in [0.29, 0.717) is 6.26 Å². The molecule has 9 heteroatoms. The van der Waals surface area contributed by atoms with E-state index in [0.717, 1.165) is 0 Å². The lowest BCUT2D eigenvalue weighted by atomic mass is 11.5. The molecule has 0 unspecified atom stereocenters. The first kappa shape index (κ1) is 12.2. The predicted molar refractivity (Wildman–Crippen MR) is 33.2 cm³/mol. The van der Waals surface area contributed by atoms with Crippen LogP contribution in [0.1, 0.15) is 0 Å². The standard InChI is InChI=1S/C3H3F6OPS/c1-12-11(10,2(4,5)6)3(7,8)9/h1H3. The van der Waals surface area contributed by atoms with Crippen molar-refractivity contribution in [3.8, 4) is 0 Å². The lowest BCUT2D eigenvalue weighted by Crippen LogP contribution is -2.19. The van der Waals surface area contributed by atoms with Crippen molar-refractivity contribution in [2.24, 2.45) is 0 Å². The molecule has 0 N–H and O–H groups in total. The zero-order chi connectivity index (χ0) is 10.2. The Hall–Kier alpha value is 0.160. The third-order valence-electron chi connectivity index (χ3n) is 0.925. The second kappa shape index (κ2) is 3.14. The smallest absolute Gasteiger partial charge is 0.293 e. The molecule has 74 valence electrons. The minimum atomic E-state index is -6.15. The molecule has 12 heavy (non-hydrogen) atoms. The number of halogens is 6. The maximum atomic E-state index is 11.6. The summed E-state index contributed by atoms with van der Waals surface area (Å²) in [6.07, 6.45) is -5.64. The molecule has 0 atom stereocenters. The van der Waals surface area contributed by atoms with Crippen LogP contribution < -0.4 is 0 Å². The van der Waals surface area contributed by atoms with E-state index in [1.807, 2.05) is 0 Å². The predicted octanol–water partition coefficient (Wildman–Crippen LogP) is 3.67. The van der Waals surface area contributed by atoms with Crippen LogP contribution in [0.5, 0.6) is 0 Å². The van der Waals surface area contributed by atoms with Gasteiger partial charge in [-0.15, -0.1) is 0 Å². The molecule has 0 heterocycles. The molecule has 0 aliphatic carbocycles. The monoisotopic (exact) mass is 232 g/mol. The van der Waals surface area contributed by atoms with Gasteiger partial charge in [-0.05, 0) is 6.26 Å². The molecule has 0 aliphatic rings. The van der Waals surface area contributed by atoms with Crippen LogP contribution in [0.4, 0.5) is 26.3 Å². The number of rotatable bonds is 1.